The lowest BCUT2D eigenvalue weighted by molar-refractivity contribution is -0.385. The number of aliphatic hydroxyl groups is 1. The van der Waals surface area contributed by atoms with Gasteiger partial charge in [-0.25, -0.2) is 0 Å². The van der Waals surface area contributed by atoms with E-state index in [1.54, 1.807) is 0 Å². The van der Waals surface area contributed by atoms with Crippen molar-refractivity contribution in [2.75, 3.05) is 0 Å². The van der Waals surface area contributed by atoms with Gasteiger partial charge in [0.1, 0.15) is 6.04 Å². The Morgan fingerprint density at radius 3 is 2.24 bits per heavy atom. The highest BCUT2D eigenvalue weighted by Crippen LogP contribution is 2.30. The average molecular weight is 411 g/mol. The molecule has 0 spiro atoms. The van der Waals surface area contributed by atoms with Gasteiger partial charge in [0.15, 0.2) is 6.10 Å². The molecular weight excluding hydrogens is 395 g/mol. The maximum atomic E-state index is 12.6. The standard InChI is InChI=1S/C18H16F3N3O5/c19-18(20,21)12-7-5-10(6-8-12)15(25)17(27)23-13(16(22)26)9-11-3-1-2-4-14(11)24(28)29/h1-8,13,15,25H,9H2,(H2,22,26)(H,23,27)/t13-,15+/m0/s1. The fourth-order valence-electron chi connectivity index (χ4n) is 2.56. The number of amides is 2. The van der Waals surface area contributed by atoms with Crippen molar-refractivity contribution >= 4 is 17.5 Å². The van der Waals surface area contributed by atoms with Gasteiger partial charge >= 0.3 is 6.18 Å². The Morgan fingerprint density at radius 2 is 1.72 bits per heavy atom. The first-order valence-corrected chi connectivity index (χ1v) is 8.18. The van der Waals surface area contributed by atoms with Gasteiger partial charge in [0.2, 0.25) is 5.91 Å². The number of carbonyl (C=O) groups excluding carboxylic acids is 2. The van der Waals surface area contributed by atoms with E-state index in [0.717, 1.165) is 12.1 Å². The van der Waals surface area contributed by atoms with Crippen LogP contribution < -0.4 is 11.1 Å². The second kappa shape index (κ2) is 8.69. The molecule has 0 radical (unpaired) electrons. The van der Waals surface area contributed by atoms with Crippen LogP contribution in [0.2, 0.25) is 0 Å². The second-order valence-corrected chi connectivity index (χ2v) is 6.08. The fraction of sp³-hybridized carbons (Fsp3) is 0.222. The average Bonchev–Trinajstić information content (AvgIpc) is 2.66. The predicted molar refractivity (Wildman–Crippen MR) is 94.3 cm³/mol. The van der Waals surface area contributed by atoms with Crippen LogP contribution in [-0.2, 0) is 22.2 Å². The zero-order valence-electron chi connectivity index (χ0n) is 14.7. The normalized spacial score (nSPS) is 13.4. The summed E-state index contributed by atoms with van der Waals surface area (Å²) < 4.78 is 37.8. The van der Waals surface area contributed by atoms with Gasteiger partial charge in [-0.1, -0.05) is 30.3 Å². The van der Waals surface area contributed by atoms with E-state index in [1.165, 1.54) is 24.3 Å². The molecule has 8 nitrogen and oxygen atoms in total. The van der Waals surface area contributed by atoms with Crippen LogP contribution in [0.15, 0.2) is 48.5 Å². The Bertz CT molecular complexity index is 916. The number of aliphatic hydroxyl groups excluding tert-OH is 1. The summed E-state index contributed by atoms with van der Waals surface area (Å²) in [5, 5.41) is 23.3. The Kier molecular flexibility index (Phi) is 6.54. The molecule has 2 amide bonds. The third-order valence-corrected chi connectivity index (χ3v) is 4.07. The number of benzene rings is 2. The fourth-order valence-corrected chi connectivity index (χ4v) is 2.56. The van der Waals surface area contributed by atoms with Crippen molar-refractivity contribution in [1.29, 1.82) is 0 Å². The number of nitro groups is 1. The van der Waals surface area contributed by atoms with E-state index < -0.39 is 40.6 Å². The number of para-hydroxylation sites is 1. The number of nitrogens with zero attached hydrogens (tertiary/aromatic N) is 1. The van der Waals surface area contributed by atoms with Crippen LogP contribution in [0.1, 0.15) is 22.8 Å². The number of nitro benzene ring substituents is 1. The molecule has 0 aromatic heterocycles. The lowest BCUT2D eigenvalue weighted by Gasteiger charge is -2.18. The zero-order valence-corrected chi connectivity index (χ0v) is 14.7. The molecule has 0 aliphatic heterocycles. The summed E-state index contributed by atoms with van der Waals surface area (Å²) >= 11 is 0. The summed E-state index contributed by atoms with van der Waals surface area (Å²) in [6.45, 7) is 0. The highest BCUT2D eigenvalue weighted by molar-refractivity contribution is 5.89. The molecule has 29 heavy (non-hydrogen) atoms. The van der Waals surface area contributed by atoms with Crippen LogP contribution in [0.5, 0.6) is 0 Å². The number of alkyl halides is 3. The Balaban J connectivity index is 2.15. The van der Waals surface area contributed by atoms with Crippen molar-refractivity contribution in [2.45, 2.75) is 24.7 Å². The highest BCUT2D eigenvalue weighted by atomic mass is 19.4. The lowest BCUT2D eigenvalue weighted by Crippen LogP contribution is -2.47. The van der Waals surface area contributed by atoms with Gasteiger partial charge in [0.05, 0.1) is 10.5 Å². The van der Waals surface area contributed by atoms with E-state index >= 15 is 0 Å². The molecule has 0 saturated heterocycles. The van der Waals surface area contributed by atoms with Gasteiger partial charge in [-0.05, 0) is 17.7 Å². The van der Waals surface area contributed by atoms with Gasteiger partial charge in [0.25, 0.3) is 11.6 Å². The second-order valence-electron chi connectivity index (χ2n) is 6.08. The number of carbonyl (C=O) groups is 2. The Hall–Kier alpha value is -3.47. The van der Waals surface area contributed by atoms with Crippen molar-refractivity contribution in [3.05, 3.63) is 75.3 Å². The minimum absolute atomic E-state index is 0.130. The van der Waals surface area contributed by atoms with Crippen molar-refractivity contribution in [1.82, 2.24) is 5.32 Å². The predicted octanol–water partition coefficient (Wildman–Crippen LogP) is 1.86. The smallest absolute Gasteiger partial charge is 0.378 e. The molecule has 2 atom stereocenters. The molecule has 2 aromatic rings. The molecular formula is C18H16F3N3O5. The van der Waals surface area contributed by atoms with Crippen LogP contribution in [0.3, 0.4) is 0 Å². The summed E-state index contributed by atoms with van der Waals surface area (Å²) in [5.41, 5.74) is 3.99. The van der Waals surface area contributed by atoms with Gasteiger partial charge in [-0.15, -0.1) is 0 Å². The van der Waals surface area contributed by atoms with E-state index in [-0.39, 0.29) is 23.2 Å². The van der Waals surface area contributed by atoms with Crippen molar-refractivity contribution < 1.29 is 32.8 Å². The summed E-state index contributed by atoms with van der Waals surface area (Å²) in [6.07, 6.45) is -6.75. The number of rotatable bonds is 7. The van der Waals surface area contributed by atoms with E-state index in [9.17, 15) is 38.0 Å². The minimum Gasteiger partial charge on any atom is -0.378 e. The first kappa shape index (κ1) is 21.8. The monoisotopic (exact) mass is 411 g/mol. The number of nitrogens with one attached hydrogen (secondary N) is 1. The molecule has 2 aromatic carbocycles. The maximum Gasteiger partial charge on any atom is 0.416 e. The van der Waals surface area contributed by atoms with Gasteiger partial charge in [0, 0.05) is 18.1 Å². The van der Waals surface area contributed by atoms with E-state index in [1.807, 2.05) is 0 Å². The number of nitrogens with two attached hydrogens (primary N) is 1. The topological polar surface area (TPSA) is 136 Å². The molecule has 4 N–H and O–H groups in total. The SMILES string of the molecule is NC(=O)[C@H](Cc1ccccc1[N+](=O)[O-])NC(=O)[C@H](O)c1ccc(C(F)(F)F)cc1. The van der Waals surface area contributed by atoms with Gasteiger partial charge in [-0.2, -0.15) is 13.2 Å². The Labute approximate surface area is 162 Å². The molecule has 2 rings (SSSR count). The van der Waals surface area contributed by atoms with Crippen LogP contribution >= 0.6 is 0 Å². The molecule has 0 unspecified atom stereocenters. The van der Waals surface area contributed by atoms with Gasteiger partial charge < -0.3 is 16.2 Å². The van der Waals surface area contributed by atoms with Crippen molar-refractivity contribution in [3.8, 4) is 0 Å². The van der Waals surface area contributed by atoms with E-state index in [2.05, 4.69) is 5.32 Å². The molecule has 154 valence electrons. The third kappa shape index (κ3) is 5.51. The van der Waals surface area contributed by atoms with Gasteiger partial charge in [-0.3, -0.25) is 19.7 Å². The number of halogens is 3. The van der Waals surface area contributed by atoms with Crippen LogP contribution in [0.25, 0.3) is 0 Å². The third-order valence-electron chi connectivity index (χ3n) is 4.07. The zero-order chi connectivity index (χ0) is 21.8. The highest BCUT2D eigenvalue weighted by Gasteiger charge is 2.31. The van der Waals surface area contributed by atoms with Crippen molar-refractivity contribution in [2.24, 2.45) is 5.73 Å². The molecule has 0 heterocycles. The number of hydrogen-bond donors (Lipinski definition) is 3. The Morgan fingerprint density at radius 1 is 1.14 bits per heavy atom. The molecule has 0 aliphatic rings. The molecule has 11 heteroatoms. The summed E-state index contributed by atoms with van der Waals surface area (Å²) in [6, 6.07) is 7.39. The van der Waals surface area contributed by atoms with E-state index in [0.29, 0.717) is 12.1 Å². The van der Waals surface area contributed by atoms with E-state index in [4.69, 9.17) is 5.73 Å². The largest absolute Gasteiger partial charge is 0.416 e. The summed E-state index contributed by atoms with van der Waals surface area (Å²) in [7, 11) is 0. The quantitative estimate of drug-likeness (QED) is 0.472. The molecule has 0 aliphatic carbocycles. The molecule has 0 fully saturated rings. The first-order chi connectivity index (χ1) is 13.5. The van der Waals surface area contributed by atoms with Crippen LogP contribution in [0, 0.1) is 10.1 Å². The molecule has 0 saturated carbocycles. The minimum atomic E-state index is -4.58. The number of primary amides is 1. The summed E-state index contributed by atoms with van der Waals surface area (Å²) in [5.74, 6) is -2.09. The lowest BCUT2D eigenvalue weighted by atomic mass is 10.0. The van der Waals surface area contributed by atoms with Crippen LogP contribution in [0.4, 0.5) is 18.9 Å². The molecule has 0 bridgehead atoms. The van der Waals surface area contributed by atoms with Crippen molar-refractivity contribution in [3.63, 3.8) is 0 Å². The first-order valence-electron chi connectivity index (χ1n) is 8.18. The summed E-state index contributed by atoms with van der Waals surface area (Å²) in [4.78, 5) is 34.3. The van der Waals surface area contributed by atoms with Crippen LogP contribution in [-0.4, -0.2) is 27.9 Å². The number of hydrogen-bond acceptors (Lipinski definition) is 5. The maximum absolute atomic E-state index is 12.6.